The highest BCUT2D eigenvalue weighted by Crippen LogP contribution is 2.29. The molecular formula is C19H23NO5. The highest BCUT2D eigenvalue weighted by molar-refractivity contribution is 5.89. The number of hydroxylamine groups is 2. The van der Waals surface area contributed by atoms with Crippen molar-refractivity contribution in [2.75, 3.05) is 7.11 Å². The molecule has 0 spiro atoms. The van der Waals surface area contributed by atoms with E-state index in [0.717, 1.165) is 5.39 Å². The van der Waals surface area contributed by atoms with Gasteiger partial charge in [0.05, 0.1) is 13.7 Å². The van der Waals surface area contributed by atoms with Crippen LogP contribution in [0.3, 0.4) is 0 Å². The summed E-state index contributed by atoms with van der Waals surface area (Å²) in [7, 11) is 1.34. The Morgan fingerprint density at radius 3 is 2.52 bits per heavy atom. The zero-order valence-corrected chi connectivity index (χ0v) is 14.3. The Bertz CT molecular complexity index is 744. The number of phenolic OH excluding ortho intramolecular Hbond substituents is 1. The summed E-state index contributed by atoms with van der Waals surface area (Å²) in [6, 6.07) is 10.9. The first-order chi connectivity index (χ1) is 12.0. The lowest BCUT2D eigenvalue weighted by molar-refractivity contribution is -0.168. The molecule has 0 fully saturated rings. The Morgan fingerprint density at radius 1 is 1.04 bits per heavy atom. The number of rotatable bonds is 8. The second kappa shape index (κ2) is 9.03. The van der Waals surface area contributed by atoms with E-state index >= 15 is 0 Å². The largest absolute Gasteiger partial charge is 0.507 e. The number of carbonyl (C=O) groups is 2. The Hall–Kier alpha value is -2.60. The predicted octanol–water partition coefficient (Wildman–Crippen LogP) is 3.39. The van der Waals surface area contributed by atoms with Gasteiger partial charge in [-0.1, -0.05) is 42.8 Å². The number of aromatic hydroxyl groups is 1. The molecule has 0 saturated heterocycles. The Labute approximate surface area is 146 Å². The van der Waals surface area contributed by atoms with Crippen LogP contribution in [0.5, 0.6) is 5.75 Å². The Balaban J connectivity index is 1.85. The quantitative estimate of drug-likeness (QED) is 0.331. The van der Waals surface area contributed by atoms with Crippen LogP contribution in [0.4, 0.5) is 0 Å². The molecule has 2 N–H and O–H groups in total. The van der Waals surface area contributed by atoms with Gasteiger partial charge in [0, 0.05) is 23.8 Å². The van der Waals surface area contributed by atoms with Crippen molar-refractivity contribution in [3.63, 3.8) is 0 Å². The van der Waals surface area contributed by atoms with E-state index in [0.29, 0.717) is 41.7 Å². The number of benzene rings is 2. The molecule has 2 aromatic carbocycles. The van der Waals surface area contributed by atoms with Crippen molar-refractivity contribution in [3.8, 4) is 5.75 Å². The molecule has 0 aromatic heterocycles. The number of carbonyl (C=O) groups excluding carboxylic acids is 2. The van der Waals surface area contributed by atoms with Gasteiger partial charge < -0.3 is 9.84 Å². The summed E-state index contributed by atoms with van der Waals surface area (Å²) in [5, 5.41) is 22.5. The third-order valence-electron chi connectivity index (χ3n) is 4.09. The van der Waals surface area contributed by atoms with E-state index in [9.17, 15) is 19.9 Å². The summed E-state index contributed by atoms with van der Waals surface area (Å²) < 4.78 is 4.55. The van der Waals surface area contributed by atoms with Crippen molar-refractivity contribution in [2.45, 2.75) is 38.6 Å². The van der Waals surface area contributed by atoms with Crippen molar-refractivity contribution >= 4 is 22.6 Å². The average Bonchev–Trinajstić information content (AvgIpc) is 2.63. The minimum atomic E-state index is -0.411. The van der Waals surface area contributed by atoms with Gasteiger partial charge >= 0.3 is 5.97 Å². The topological polar surface area (TPSA) is 87.1 Å². The first-order valence-corrected chi connectivity index (χ1v) is 8.28. The maximum atomic E-state index is 12.0. The smallest absolute Gasteiger partial charge is 0.305 e. The summed E-state index contributed by atoms with van der Waals surface area (Å²) in [4.78, 5) is 23.0. The van der Waals surface area contributed by atoms with Crippen LogP contribution in [-0.4, -0.2) is 34.4 Å². The van der Waals surface area contributed by atoms with E-state index in [1.54, 1.807) is 12.1 Å². The summed E-state index contributed by atoms with van der Waals surface area (Å²) in [6.45, 7) is -0.0718. The maximum absolute atomic E-state index is 12.0. The summed E-state index contributed by atoms with van der Waals surface area (Å²) in [5.41, 5.74) is 0.486. The van der Waals surface area contributed by atoms with Crippen molar-refractivity contribution in [1.29, 1.82) is 0 Å². The molecule has 0 aliphatic carbocycles. The summed E-state index contributed by atoms with van der Waals surface area (Å²) in [6.07, 6.45) is 2.45. The normalized spacial score (nSPS) is 10.6. The molecule has 0 bridgehead atoms. The van der Waals surface area contributed by atoms with Gasteiger partial charge in [0.25, 0.3) is 0 Å². The summed E-state index contributed by atoms with van der Waals surface area (Å²) in [5.74, 6) is -0.601. The molecule has 0 aliphatic heterocycles. The predicted molar refractivity (Wildman–Crippen MR) is 93.1 cm³/mol. The molecule has 1 amide bonds. The van der Waals surface area contributed by atoms with E-state index in [4.69, 9.17) is 0 Å². The minimum absolute atomic E-state index is 0.0718. The number of phenols is 1. The fourth-order valence-corrected chi connectivity index (χ4v) is 2.63. The molecule has 0 aliphatic rings. The van der Waals surface area contributed by atoms with Crippen LogP contribution in [0.15, 0.2) is 36.4 Å². The van der Waals surface area contributed by atoms with Crippen molar-refractivity contribution < 1.29 is 24.6 Å². The first kappa shape index (κ1) is 18.7. The van der Waals surface area contributed by atoms with E-state index < -0.39 is 5.91 Å². The van der Waals surface area contributed by atoms with Gasteiger partial charge in [0.2, 0.25) is 5.91 Å². The van der Waals surface area contributed by atoms with Crippen LogP contribution in [0.2, 0.25) is 0 Å². The van der Waals surface area contributed by atoms with Crippen molar-refractivity contribution in [3.05, 3.63) is 42.0 Å². The van der Waals surface area contributed by atoms with Gasteiger partial charge in [-0.05, 0) is 18.2 Å². The molecule has 0 atom stereocenters. The van der Waals surface area contributed by atoms with Crippen molar-refractivity contribution in [1.82, 2.24) is 5.06 Å². The molecule has 2 aromatic rings. The highest BCUT2D eigenvalue weighted by Gasteiger charge is 2.14. The number of methoxy groups -OCH3 is 1. The second-order valence-corrected chi connectivity index (χ2v) is 5.88. The fourth-order valence-electron chi connectivity index (χ4n) is 2.63. The molecule has 0 saturated carbocycles. The van der Waals surface area contributed by atoms with Gasteiger partial charge in [-0.3, -0.25) is 14.8 Å². The van der Waals surface area contributed by atoms with Crippen LogP contribution in [0, 0.1) is 0 Å². The number of hydrogen-bond acceptors (Lipinski definition) is 5. The highest BCUT2D eigenvalue weighted by atomic mass is 16.5. The molecule has 0 unspecified atom stereocenters. The molecule has 0 radical (unpaired) electrons. The standard InChI is InChI=1S/C19H23NO5/c1-25-18(22)10-4-2-3-9-17(21)20(24)13-15-12-11-14-7-5-6-8-16(14)19(15)23/h5-8,11-12,23-24H,2-4,9-10,13H2,1H3. The number of esters is 1. The zero-order valence-electron chi connectivity index (χ0n) is 14.3. The molecule has 6 nitrogen and oxygen atoms in total. The lowest BCUT2D eigenvalue weighted by Crippen LogP contribution is -2.26. The van der Waals surface area contributed by atoms with Crippen LogP contribution < -0.4 is 0 Å². The number of amides is 1. The van der Waals surface area contributed by atoms with E-state index in [1.807, 2.05) is 24.3 Å². The molecule has 6 heteroatoms. The average molecular weight is 345 g/mol. The van der Waals surface area contributed by atoms with E-state index in [2.05, 4.69) is 4.74 Å². The summed E-state index contributed by atoms with van der Waals surface area (Å²) >= 11 is 0. The monoisotopic (exact) mass is 345 g/mol. The van der Waals surface area contributed by atoms with E-state index in [-0.39, 0.29) is 24.7 Å². The first-order valence-electron chi connectivity index (χ1n) is 8.28. The SMILES string of the molecule is COC(=O)CCCCCC(=O)N(O)Cc1ccc2ccccc2c1O. The van der Waals surface area contributed by atoms with Gasteiger partial charge in [-0.15, -0.1) is 0 Å². The Morgan fingerprint density at radius 2 is 1.76 bits per heavy atom. The van der Waals surface area contributed by atoms with Crippen LogP contribution in [-0.2, 0) is 20.9 Å². The lowest BCUT2D eigenvalue weighted by Gasteiger charge is -2.16. The van der Waals surface area contributed by atoms with E-state index in [1.165, 1.54) is 7.11 Å². The molecular weight excluding hydrogens is 322 g/mol. The van der Waals surface area contributed by atoms with Crippen LogP contribution in [0.25, 0.3) is 10.8 Å². The van der Waals surface area contributed by atoms with Gasteiger partial charge in [0.15, 0.2) is 0 Å². The third kappa shape index (κ3) is 5.19. The zero-order chi connectivity index (χ0) is 18.2. The number of fused-ring (bicyclic) bond motifs is 1. The molecule has 0 heterocycles. The maximum Gasteiger partial charge on any atom is 0.305 e. The van der Waals surface area contributed by atoms with Gasteiger partial charge in [-0.2, -0.15) is 0 Å². The van der Waals surface area contributed by atoms with Crippen molar-refractivity contribution in [2.24, 2.45) is 0 Å². The fraction of sp³-hybridized carbons (Fsp3) is 0.368. The number of ether oxygens (including phenoxy) is 1. The van der Waals surface area contributed by atoms with Gasteiger partial charge in [0.1, 0.15) is 5.75 Å². The molecule has 25 heavy (non-hydrogen) atoms. The third-order valence-corrected chi connectivity index (χ3v) is 4.09. The Kier molecular flexibility index (Phi) is 6.77. The number of unbranched alkanes of at least 4 members (excludes halogenated alkanes) is 2. The van der Waals surface area contributed by atoms with Gasteiger partial charge in [-0.25, -0.2) is 5.06 Å². The molecule has 134 valence electrons. The minimum Gasteiger partial charge on any atom is -0.507 e. The number of nitrogens with zero attached hydrogens (tertiary/aromatic N) is 1. The lowest BCUT2D eigenvalue weighted by atomic mass is 10.1. The van der Waals surface area contributed by atoms with Crippen LogP contribution in [0.1, 0.15) is 37.7 Å². The second-order valence-electron chi connectivity index (χ2n) is 5.88. The number of hydrogen-bond donors (Lipinski definition) is 2. The molecule has 2 rings (SSSR count). The van der Waals surface area contributed by atoms with Crippen LogP contribution >= 0.6 is 0 Å².